The first-order valence-corrected chi connectivity index (χ1v) is 8.95. The molecule has 1 aromatic heterocycles. The van der Waals surface area contributed by atoms with Crippen LogP contribution in [0.3, 0.4) is 0 Å². The Hall–Kier alpha value is -0.270. The van der Waals surface area contributed by atoms with E-state index in [1.54, 1.807) is 23.1 Å². The van der Waals surface area contributed by atoms with Crippen molar-refractivity contribution in [2.24, 2.45) is 0 Å². The van der Waals surface area contributed by atoms with Crippen molar-refractivity contribution in [2.75, 3.05) is 11.5 Å². The molecule has 1 fully saturated rings. The highest BCUT2D eigenvalue weighted by molar-refractivity contribution is 8.03. The first-order chi connectivity index (χ1) is 8.78. The topological polar surface area (TPSA) is 54.9 Å². The van der Waals surface area contributed by atoms with Crippen molar-refractivity contribution in [3.8, 4) is 0 Å². The minimum absolute atomic E-state index is 0.109. The predicted octanol–water partition coefficient (Wildman–Crippen LogP) is 2.80. The van der Waals surface area contributed by atoms with E-state index < -0.39 is 0 Å². The first-order valence-electron chi connectivity index (χ1n) is 6.16. The average molecular weight is 303 g/mol. The third-order valence-corrected chi connectivity index (χ3v) is 5.66. The third-order valence-electron chi connectivity index (χ3n) is 2.38. The van der Waals surface area contributed by atoms with Crippen LogP contribution in [0.25, 0.3) is 0 Å². The zero-order valence-electron chi connectivity index (χ0n) is 10.3. The summed E-state index contributed by atoms with van der Waals surface area (Å²) in [5.41, 5.74) is 0. The van der Waals surface area contributed by atoms with Gasteiger partial charge in [-0.15, -0.1) is 10.2 Å². The average Bonchev–Trinajstić information content (AvgIpc) is 3.05. The lowest BCUT2D eigenvalue weighted by atomic mass is 10.4. The van der Waals surface area contributed by atoms with Crippen molar-refractivity contribution >= 4 is 40.8 Å². The Morgan fingerprint density at radius 3 is 2.78 bits per heavy atom. The summed E-state index contributed by atoms with van der Waals surface area (Å²) in [4.78, 5) is 11.5. The molecule has 1 aliphatic rings. The Bertz CT molecular complexity index is 393. The summed E-state index contributed by atoms with van der Waals surface area (Å²) in [6.07, 6.45) is 4.67. The van der Waals surface area contributed by atoms with E-state index in [-0.39, 0.29) is 5.91 Å². The molecule has 0 aliphatic heterocycles. The first kappa shape index (κ1) is 14.1. The van der Waals surface area contributed by atoms with Crippen LogP contribution in [-0.2, 0) is 4.79 Å². The summed E-state index contributed by atoms with van der Waals surface area (Å²) < 4.78 is 1.90. The number of unbranched alkanes of at least 4 members (excludes halogenated alkanes) is 1. The van der Waals surface area contributed by atoms with E-state index in [2.05, 4.69) is 22.4 Å². The fourth-order valence-corrected chi connectivity index (χ4v) is 4.23. The van der Waals surface area contributed by atoms with Crippen molar-refractivity contribution < 1.29 is 4.79 Å². The minimum atomic E-state index is 0.109. The molecule has 2 rings (SSSR count). The molecule has 7 heteroatoms. The van der Waals surface area contributed by atoms with Gasteiger partial charge in [-0.25, -0.2) is 0 Å². The maximum absolute atomic E-state index is 11.5. The normalized spacial score (nSPS) is 14.7. The number of hydrogen-bond acceptors (Lipinski definition) is 6. The molecule has 0 spiro atoms. The molecule has 100 valence electrons. The van der Waals surface area contributed by atoms with Gasteiger partial charge in [0.15, 0.2) is 8.68 Å². The van der Waals surface area contributed by atoms with Gasteiger partial charge >= 0.3 is 0 Å². The Balaban J connectivity index is 1.67. The minimum Gasteiger partial charge on any atom is -0.353 e. The lowest BCUT2D eigenvalue weighted by Gasteiger charge is -1.99. The summed E-state index contributed by atoms with van der Waals surface area (Å²) in [5, 5.41) is 11.2. The Labute approximate surface area is 120 Å². The quantitative estimate of drug-likeness (QED) is 0.591. The standard InChI is InChI=1S/C11H17N3OS3/c1-2-3-6-16-10-13-14-11(18-10)17-7-9(15)12-8-4-5-8/h8H,2-7H2,1H3,(H,12,15). The number of hydrogen-bond donors (Lipinski definition) is 1. The Kier molecular flexibility index (Phi) is 5.78. The number of carbonyl (C=O) groups is 1. The fraction of sp³-hybridized carbons (Fsp3) is 0.727. The van der Waals surface area contributed by atoms with E-state index in [0.717, 1.165) is 27.3 Å². The van der Waals surface area contributed by atoms with Crippen LogP contribution < -0.4 is 5.32 Å². The van der Waals surface area contributed by atoms with E-state index in [4.69, 9.17) is 0 Å². The van der Waals surface area contributed by atoms with E-state index in [1.807, 2.05) is 0 Å². The van der Waals surface area contributed by atoms with Crippen LogP contribution >= 0.6 is 34.9 Å². The second-order valence-electron chi connectivity index (χ2n) is 4.17. The fourth-order valence-electron chi connectivity index (χ4n) is 1.24. The highest BCUT2D eigenvalue weighted by atomic mass is 32.2. The van der Waals surface area contributed by atoms with Crippen LogP contribution in [0, 0.1) is 0 Å². The summed E-state index contributed by atoms with van der Waals surface area (Å²) in [7, 11) is 0. The number of thioether (sulfide) groups is 2. The maximum atomic E-state index is 11.5. The molecule has 0 radical (unpaired) electrons. The van der Waals surface area contributed by atoms with Gasteiger partial charge in [-0.3, -0.25) is 4.79 Å². The number of nitrogens with zero attached hydrogens (tertiary/aromatic N) is 2. The van der Waals surface area contributed by atoms with Gasteiger partial charge in [0.05, 0.1) is 5.75 Å². The van der Waals surface area contributed by atoms with Gasteiger partial charge in [0.1, 0.15) is 0 Å². The van der Waals surface area contributed by atoms with Crippen LogP contribution in [0.15, 0.2) is 8.68 Å². The third kappa shape index (κ3) is 5.16. The highest BCUT2D eigenvalue weighted by Crippen LogP contribution is 2.29. The van der Waals surface area contributed by atoms with E-state index >= 15 is 0 Å². The summed E-state index contributed by atoms with van der Waals surface area (Å²) in [5.74, 6) is 1.65. The molecule has 1 heterocycles. The van der Waals surface area contributed by atoms with Gasteiger partial charge < -0.3 is 5.32 Å². The van der Waals surface area contributed by atoms with Gasteiger partial charge in [0.2, 0.25) is 5.91 Å². The van der Waals surface area contributed by atoms with Gasteiger partial charge in [0, 0.05) is 11.8 Å². The number of amides is 1. The molecule has 1 amide bonds. The largest absolute Gasteiger partial charge is 0.353 e. The van der Waals surface area contributed by atoms with Crippen LogP contribution in [0.1, 0.15) is 32.6 Å². The molecule has 0 saturated heterocycles. The maximum Gasteiger partial charge on any atom is 0.230 e. The summed E-state index contributed by atoms with van der Waals surface area (Å²) >= 11 is 4.81. The number of rotatable bonds is 8. The van der Waals surface area contributed by atoms with E-state index in [9.17, 15) is 4.79 Å². The molecular weight excluding hydrogens is 286 g/mol. The molecule has 0 bridgehead atoms. The zero-order chi connectivity index (χ0) is 12.8. The molecule has 0 atom stereocenters. The second-order valence-corrected chi connectivity index (χ2v) is 7.71. The second kappa shape index (κ2) is 7.35. The van der Waals surface area contributed by atoms with Gasteiger partial charge in [-0.2, -0.15) is 0 Å². The molecule has 1 aromatic rings. The van der Waals surface area contributed by atoms with Crippen molar-refractivity contribution in [1.82, 2.24) is 15.5 Å². The Morgan fingerprint density at radius 1 is 1.39 bits per heavy atom. The van der Waals surface area contributed by atoms with Crippen molar-refractivity contribution in [3.05, 3.63) is 0 Å². The molecular formula is C11H17N3OS3. The molecule has 1 N–H and O–H groups in total. The monoisotopic (exact) mass is 303 g/mol. The zero-order valence-corrected chi connectivity index (χ0v) is 12.8. The summed E-state index contributed by atoms with van der Waals surface area (Å²) in [6, 6.07) is 0.438. The molecule has 1 saturated carbocycles. The van der Waals surface area contributed by atoms with Crippen LogP contribution in [-0.4, -0.2) is 33.7 Å². The van der Waals surface area contributed by atoms with E-state index in [0.29, 0.717) is 11.8 Å². The highest BCUT2D eigenvalue weighted by Gasteiger charge is 2.23. The lowest BCUT2D eigenvalue weighted by Crippen LogP contribution is -2.26. The lowest BCUT2D eigenvalue weighted by molar-refractivity contribution is -0.118. The Morgan fingerprint density at radius 2 is 2.11 bits per heavy atom. The smallest absolute Gasteiger partial charge is 0.230 e. The number of carbonyl (C=O) groups excluding carboxylic acids is 1. The summed E-state index contributed by atoms with van der Waals surface area (Å²) in [6.45, 7) is 2.18. The van der Waals surface area contributed by atoms with E-state index in [1.165, 1.54) is 24.6 Å². The van der Waals surface area contributed by atoms with Crippen molar-refractivity contribution in [2.45, 2.75) is 47.3 Å². The van der Waals surface area contributed by atoms with Gasteiger partial charge in [-0.05, 0) is 19.3 Å². The van der Waals surface area contributed by atoms with Crippen LogP contribution in [0.4, 0.5) is 0 Å². The molecule has 1 aliphatic carbocycles. The number of aromatic nitrogens is 2. The SMILES string of the molecule is CCCCSc1nnc(SCC(=O)NC2CC2)s1. The predicted molar refractivity (Wildman–Crippen MR) is 77.4 cm³/mol. The molecule has 0 unspecified atom stereocenters. The number of nitrogens with one attached hydrogen (secondary N) is 1. The molecule has 0 aromatic carbocycles. The van der Waals surface area contributed by atoms with Crippen LogP contribution in [0.5, 0.6) is 0 Å². The van der Waals surface area contributed by atoms with Gasteiger partial charge in [-0.1, -0.05) is 48.2 Å². The molecule has 4 nitrogen and oxygen atoms in total. The van der Waals surface area contributed by atoms with Crippen LogP contribution in [0.2, 0.25) is 0 Å². The van der Waals surface area contributed by atoms with Crippen molar-refractivity contribution in [1.29, 1.82) is 0 Å². The molecule has 18 heavy (non-hydrogen) atoms. The van der Waals surface area contributed by atoms with Crippen molar-refractivity contribution in [3.63, 3.8) is 0 Å². The van der Waals surface area contributed by atoms with Gasteiger partial charge in [0.25, 0.3) is 0 Å².